The van der Waals surface area contributed by atoms with E-state index in [1.54, 1.807) is 0 Å². The van der Waals surface area contributed by atoms with E-state index in [1.807, 2.05) is 4.90 Å². The van der Waals surface area contributed by atoms with E-state index in [0.29, 0.717) is 19.1 Å². The Balaban J connectivity index is 1.84. The molecule has 0 spiro atoms. The molecule has 2 rings (SSSR count). The predicted molar refractivity (Wildman–Crippen MR) is 71.3 cm³/mol. The highest BCUT2D eigenvalue weighted by Gasteiger charge is 2.26. The van der Waals surface area contributed by atoms with Crippen LogP contribution in [0.1, 0.15) is 44.9 Å². The minimum atomic E-state index is 0.157. The predicted octanol–water partition coefficient (Wildman–Crippen LogP) is 1.24. The molecule has 1 amide bonds. The first-order valence-corrected chi connectivity index (χ1v) is 7.44. The first-order chi connectivity index (χ1) is 8.81. The number of hydrogen-bond acceptors (Lipinski definition) is 3. The summed E-state index contributed by atoms with van der Waals surface area (Å²) in [6.45, 7) is 3.16. The fourth-order valence-electron chi connectivity index (χ4n) is 3.21. The lowest BCUT2D eigenvalue weighted by atomic mass is 10.1. The second-order valence-electron chi connectivity index (χ2n) is 5.57. The van der Waals surface area contributed by atoms with Crippen molar-refractivity contribution in [1.82, 2.24) is 9.80 Å². The molecule has 1 N–H and O–H groups in total. The molecule has 104 valence electrons. The SMILES string of the molecule is O=C(CN(CCO)C1CCCC1)N1CCCCC1. The molecular formula is C14H26N2O2. The average Bonchev–Trinajstić information content (AvgIpc) is 2.93. The van der Waals surface area contributed by atoms with Crippen LogP contribution in [0.5, 0.6) is 0 Å². The fourth-order valence-corrected chi connectivity index (χ4v) is 3.21. The lowest BCUT2D eigenvalue weighted by molar-refractivity contribution is -0.134. The molecule has 1 aliphatic carbocycles. The van der Waals surface area contributed by atoms with Crippen LogP contribution >= 0.6 is 0 Å². The molecule has 4 nitrogen and oxygen atoms in total. The maximum atomic E-state index is 12.2. The number of aliphatic hydroxyl groups is 1. The molecule has 0 unspecified atom stereocenters. The van der Waals surface area contributed by atoms with E-state index in [0.717, 1.165) is 25.9 Å². The molecule has 4 heteroatoms. The molecule has 0 aromatic carbocycles. The molecule has 0 bridgehead atoms. The quantitative estimate of drug-likeness (QED) is 0.802. The Morgan fingerprint density at radius 2 is 1.78 bits per heavy atom. The number of piperidine rings is 1. The van der Waals surface area contributed by atoms with Crippen molar-refractivity contribution in [2.75, 3.05) is 32.8 Å². The van der Waals surface area contributed by atoms with Gasteiger partial charge in [0.25, 0.3) is 0 Å². The van der Waals surface area contributed by atoms with E-state index in [9.17, 15) is 4.79 Å². The summed E-state index contributed by atoms with van der Waals surface area (Å²) in [4.78, 5) is 16.4. The molecule has 0 aromatic heterocycles. The van der Waals surface area contributed by atoms with Crippen molar-refractivity contribution in [2.45, 2.75) is 51.0 Å². The van der Waals surface area contributed by atoms with Gasteiger partial charge in [0.1, 0.15) is 0 Å². The largest absolute Gasteiger partial charge is 0.395 e. The number of likely N-dealkylation sites (tertiary alicyclic amines) is 1. The van der Waals surface area contributed by atoms with E-state index in [-0.39, 0.29) is 12.5 Å². The number of amides is 1. The van der Waals surface area contributed by atoms with E-state index in [1.165, 1.54) is 32.1 Å². The maximum Gasteiger partial charge on any atom is 0.236 e. The standard InChI is InChI=1S/C14H26N2O2/c17-11-10-16(13-6-2-3-7-13)12-14(18)15-8-4-1-5-9-15/h13,17H,1-12H2. The van der Waals surface area contributed by atoms with E-state index < -0.39 is 0 Å². The molecule has 2 aliphatic rings. The van der Waals surface area contributed by atoms with Crippen molar-refractivity contribution in [3.63, 3.8) is 0 Å². The van der Waals surface area contributed by atoms with E-state index in [4.69, 9.17) is 5.11 Å². The van der Waals surface area contributed by atoms with Crippen molar-refractivity contribution in [3.8, 4) is 0 Å². The Kier molecular flexibility index (Phi) is 5.45. The number of carbonyl (C=O) groups excluding carboxylic acids is 1. The van der Waals surface area contributed by atoms with Crippen LogP contribution in [0.15, 0.2) is 0 Å². The van der Waals surface area contributed by atoms with Crippen molar-refractivity contribution in [3.05, 3.63) is 0 Å². The van der Waals surface area contributed by atoms with Crippen LogP contribution in [0, 0.1) is 0 Å². The Morgan fingerprint density at radius 3 is 2.39 bits per heavy atom. The average molecular weight is 254 g/mol. The third-order valence-electron chi connectivity index (χ3n) is 4.28. The number of hydrogen-bond donors (Lipinski definition) is 1. The lowest BCUT2D eigenvalue weighted by Crippen LogP contribution is -2.46. The zero-order chi connectivity index (χ0) is 12.8. The first-order valence-electron chi connectivity index (χ1n) is 7.44. The third kappa shape index (κ3) is 3.69. The lowest BCUT2D eigenvalue weighted by Gasteiger charge is -2.32. The summed E-state index contributed by atoms with van der Waals surface area (Å²) in [5.41, 5.74) is 0. The second-order valence-corrected chi connectivity index (χ2v) is 5.57. The Bertz CT molecular complexity index is 259. The van der Waals surface area contributed by atoms with Gasteiger partial charge >= 0.3 is 0 Å². The molecule has 18 heavy (non-hydrogen) atoms. The van der Waals surface area contributed by atoms with Gasteiger partial charge in [-0.05, 0) is 32.1 Å². The van der Waals surface area contributed by atoms with E-state index in [2.05, 4.69) is 4.90 Å². The molecular weight excluding hydrogens is 228 g/mol. The zero-order valence-corrected chi connectivity index (χ0v) is 11.3. The van der Waals surface area contributed by atoms with Gasteiger partial charge in [0.2, 0.25) is 5.91 Å². The molecule has 1 saturated carbocycles. The molecule has 0 aromatic rings. The molecule has 1 heterocycles. The van der Waals surface area contributed by atoms with Gasteiger partial charge in [0.15, 0.2) is 0 Å². The zero-order valence-electron chi connectivity index (χ0n) is 11.3. The minimum Gasteiger partial charge on any atom is -0.395 e. The van der Waals surface area contributed by atoms with Crippen molar-refractivity contribution >= 4 is 5.91 Å². The van der Waals surface area contributed by atoms with Gasteiger partial charge < -0.3 is 10.0 Å². The number of nitrogens with zero attached hydrogens (tertiary/aromatic N) is 2. The smallest absolute Gasteiger partial charge is 0.236 e. The minimum absolute atomic E-state index is 0.157. The topological polar surface area (TPSA) is 43.8 Å². The van der Waals surface area contributed by atoms with Crippen LogP contribution in [-0.2, 0) is 4.79 Å². The van der Waals surface area contributed by atoms with Gasteiger partial charge in [-0.15, -0.1) is 0 Å². The number of rotatable bonds is 5. The Hall–Kier alpha value is -0.610. The summed E-state index contributed by atoms with van der Waals surface area (Å²) >= 11 is 0. The maximum absolute atomic E-state index is 12.2. The summed E-state index contributed by atoms with van der Waals surface area (Å²) in [6.07, 6.45) is 8.46. The van der Waals surface area contributed by atoms with E-state index >= 15 is 0 Å². The van der Waals surface area contributed by atoms with Gasteiger partial charge in [-0.3, -0.25) is 9.69 Å². The number of carbonyl (C=O) groups is 1. The van der Waals surface area contributed by atoms with Crippen LogP contribution in [0.2, 0.25) is 0 Å². The second kappa shape index (κ2) is 7.10. The van der Waals surface area contributed by atoms with Crippen LogP contribution in [-0.4, -0.2) is 59.6 Å². The molecule has 0 radical (unpaired) electrons. The van der Waals surface area contributed by atoms with Crippen molar-refractivity contribution in [2.24, 2.45) is 0 Å². The Morgan fingerprint density at radius 1 is 1.11 bits per heavy atom. The number of aliphatic hydroxyl groups excluding tert-OH is 1. The molecule has 1 saturated heterocycles. The highest BCUT2D eigenvalue weighted by Crippen LogP contribution is 2.23. The summed E-state index contributed by atoms with van der Waals surface area (Å²) in [6, 6.07) is 0.519. The summed E-state index contributed by atoms with van der Waals surface area (Å²) < 4.78 is 0. The van der Waals surface area contributed by atoms with Gasteiger partial charge in [0, 0.05) is 25.7 Å². The van der Waals surface area contributed by atoms with Gasteiger partial charge in [-0.2, -0.15) is 0 Å². The van der Waals surface area contributed by atoms with Crippen LogP contribution in [0.25, 0.3) is 0 Å². The van der Waals surface area contributed by atoms with Gasteiger partial charge in [-0.25, -0.2) is 0 Å². The third-order valence-corrected chi connectivity index (χ3v) is 4.28. The van der Waals surface area contributed by atoms with Crippen molar-refractivity contribution in [1.29, 1.82) is 0 Å². The van der Waals surface area contributed by atoms with Crippen molar-refractivity contribution < 1.29 is 9.90 Å². The summed E-state index contributed by atoms with van der Waals surface area (Å²) in [7, 11) is 0. The summed E-state index contributed by atoms with van der Waals surface area (Å²) in [5.74, 6) is 0.259. The van der Waals surface area contributed by atoms with Crippen LogP contribution < -0.4 is 0 Å². The highest BCUT2D eigenvalue weighted by atomic mass is 16.3. The highest BCUT2D eigenvalue weighted by molar-refractivity contribution is 5.78. The fraction of sp³-hybridized carbons (Fsp3) is 0.929. The monoisotopic (exact) mass is 254 g/mol. The normalized spacial score (nSPS) is 21.8. The molecule has 0 atom stereocenters. The van der Waals surface area contributed by atoms with Crippen LogP contribution in [0.3, 0.4) is 0 Å². The first kappa shape index (κ1) is 13.8. The summed E-state index contributed by atoms with van der Waals surface area (Å²) in [5, 5.41) is 9.15. The van der Waals surface area contributed by atoms with Crippen LogP contribution in [0.4, 0.5) is 0 Å². The van der Waals surface area contributed by atoms with Gasteiger partial charge in [-0.1, -0.05) is 12.8 Å². The Labute approximate surface area is 110 Å². The van der Waals surface area contributed by atoms with Gasteiger partial charge in [0.05, 0.1) is 13.2 Å². The molecule has 2 fully saturated rings. The molecule has 1 aliphatic heterocycles.